The van der Waals surface area contributed by atoms with Gasteiger partial charge in [0.25, 0.3) is 5.56 Å². The van der Waals surface area contributed by atoms with E-state index in [1.54, 1.807) is 7.05 Å². The molecule has 1 aromatic carbocycles. The van der Waals surface area contributed by atoms with Gasteiger partial charge < -0.3 is 5.32 Å². The summed E-state index contributed by atoms with van der Waals surface area (Å²) >= 11 is 3.28. The van der Waals surface area contributed by atoms with Crippen molar-refractivity contribution in [3.8, 4) is 0 Å². The molecule has 0 saturated carbocycles. The Hall–Kier alpha value is -2.48. The van der Waals surface area contributed by atoms with Gasteiger partial charge in [-0.3, -0.25) is 14.2 Å². The molecule has 134 valence electrons. The molecular formula is C18H18BrN5O2. The second kappa shape index (κ2) is 6.68. The maximum Gasteiger partial charge on any atom is 0.266 e. The number of anilines is 1. The summed E-state index contributed by atoms with van der Waals surface area (Å²) in [5.74, 6) is -0.243. The van der Waals surface area contributed by atoms with Crippen molar-refractivity contribution in [3.05, 3.63) is 50.6 Å². The lowest BCUT2D eigenvalue weighted by Crippen LogP contribution is -2.28. The minimum absolute atomic E-state index is 0.0905. The standard InChI is InChI=1S/C18H18BrN5O2/c1-23-17-15(16(19)22-23)18(26)24(10-20-17)9-14(25)21-13-8-4-6-11-5-2-3-7-12(11)13/h4,6,8,10H,2-3,5,7,9H2,1H3,(H,21,25). The zero-order chi connectivity index (χ0) is 18.3. The van der Waals surface area contributed by atoms with Gasteiger partial charge in [0.1, 0.15) is 22.9 Å². The number of hydrogen-bond acceptors (Lipinski definition) is 4. The zero-order valence-electron chi connectivity index (χ0n) is 14.3. The lowest BCUT2D eigenvalue weighted by atomic mass is 9.90. The molecule has 2 aromatic heterocycles. The smallest absolute Gasteiger partial charge is 0.266 e. The molecule has 0 atom stereocenters. The quantitative estimate of drug-likeness (QED) is 0.711. The van der Waals surface area contributed by atoms with E-state index in [4.69, 9.17) is 0 Å². The van der Waals surface area contributed by atoms with Crippen LogP contribution in [0.1, 0.15) is 24.0 Å². The molecule has 1 amide bonds. The number of halogens is 1. The van der Waals surface area contributed by atoms with Crippen LogP contribution in [0.25, 0.3) is 11.0 Å². The first-order valence-corrected chi connectivity index (χ1v) is 9.32. The maximum atomic E-state index is 12.6. The van der Waals surface area contributed by atoms with Crippen LogP contribution in [0.15, 0.2) is 33.9 Å². The average molecular weight is 416 g/mol. The van der Waals surface area contributed by atoms with Crippen molar-refractivity contribution in [1.29, 1.82) is 0 Å². The van der Waals surface area contributed by atoms with Gasteiger partial charge >= 0.3 is 0 Å². The molecule has 0 unspecified atom stereocenters. The molecule has 0 bridgehead atoms. The summed E-state index contributed by atoms with van der Waals surface area (Å²) in [4.78, 5) is 29.4. The van der Waals surface area contributed by atoms with Crippen LogP contribution in [0.5, 0.6) is 0 Å². The van der Waals surface area contributed by atoms with Gasteiger partial charge in [-0.1, -0.05) is 12.1 Å². The minimum atomic E-state index is -0.291. The Labute approximate surface area is 158 Å². The van der Waals surface area contributed by atoms with E-state index < -0.39 is 0 Å². The molecule has 0 radical (unpaired) electrons. The number of aromatic nitrogens is 4. The third kappa shape index (κ3) is 2.94. The third-order valence-corrected chi connectivity index (χ3v) is 5.31. The van der Waals surface area contributed by atoms with Crippen LogP contribution < -0.4 is 10.9 Å². The molecule has 0 aliphatic heterocycles. The fourth-order valence-electron chi connectivity index (χ4n) is 3.49. The molecule has 0 spiro atoms. The Morgan fingerprint density at radius 1 is 1.31 bits per heavy atom. The molecule has 1 N–H and O–H groups in total. The van der Waals surface area contributed by atoms with Crippen LogP contribution in [-0.4, -0.2) is 25.2 Å². The van der Waals surface area contributed by atoms with E-state index in [1.807, 2.05) is 12.1 Å². The van der Waals surface area contributed by atoms with Crippen molar-refractivity contribution >= 4 is 38.6 Å². The summed E-state index contributed by atoms with van der Waals surface area (Å²) in [6.07, 6.45) is 5.73. The largest absolute Gasteiger partial charge is 0.324 e. The normalized spacial score (nSPS) is 13.6. The second-order valence-corrected chi connectivity index (χ2v) is 7.24. The monoisotopic (exact) mass is 415 g/mol. The number of aryl methyl sites for hydroxylation is 2. The van der Waals surface area contributed by atoms with E-state index in [1.165, 1.54) is 33.1 Å². The highest BCUT2D eigenvalue weighted by molar-refractivity contribution is 9.10. The van der Waals surface area contributed by atoms with Gasteiger partial charge in [-0.05, 0) is 58.8 Å². The van der Waals surface area contributed by atoms with Crippen molar-refractivity contribution in [2.24, 2.45) is 7.05 Å². The predicted octanol–water partition coefficient (Wildman–Crippen LogP) is 2.41. The van der Waals surface area contributed by atoms with Gasteiger partial charge in [0.2, 0.25) is 5.91 Å². The van der Waals surface area contributed by atoms with Gasteiger partial charge in [-0.15, -0.1) is 0 Å². The van der Waals surface area contributed by atoms with Crippen molar-refractivity contribution in [2.75, 3.05) is 5.32 Å². The summed E-state index contributed by atoms with van der Waals surface area (Å²) < 4.78 is 3.26. The highest BCUT2D eigenvalue weighted by Crippen LogP contribution is 2.27. The Bertz CT molecular complexity index is 1070. The summed E-state index contributed by atoms with van der Waals surface area (Å²) in [5.41, 5.74) is 3.55. The highest BCUT2D eigenvalue weighted by atomic mass is 79.9. The summed E-state index contributed by atoms with van der Waals surface area (Å²) in [6.45, 7) is -0.0905. The average Bonchev–Trinajstić information content (AvgIpc) is 2.92. The molecule has 26 heavy (non-hydrogen) atoms. The summed E-state index contributed by atoms with van der Waals surface area (Å²) in [7, 11) is 1.72. The van der Waals surface area contributed by atoms with Gasteiger partial charge in [0.15, 0.2) is 5.65 Å². The van der Waals surface area contributed by atoms with Crippen LogP contribution in [0.4, 0.5) is 5.69 Å². The van der Waals surface area contributed by atoms with Gasteiger partial charge in [-0.2, -0.15) is 5.10 Å². The number of hydrogen-bond donors (Lipinski definition) is 1. The van der Waals surface area contributed by atoms with E-state index in [9.17, 15) is 9.59 Å². The lowest BCUT2D eigenvalue weighted by Gasteiger charge is -2.19. The Kier molecular flexibility index (Phi) is 4.36. The Morgan fingerprint density at radius 2 is 2.12 bits per heavy atom. The van der Waals surface area contributed by atoms with Gasteiger partial charge in [0.05, 0.1) is 0 Å². The van der Waals surface area contributed by atoms with Gasteiger partial charge in [0, 0.05) is 12.7 Å². The topological polar surface area (TPSA) is 81.8 Å². The maximum absolute atomic E-state index is 12.6. The minimum Gasteiger partial charge on any atom is -0.324 e. The fraction of sp³-hybridized carbons (Fsp3) is 0.333. The van der Waals surface area contributed by atoms with Crippen molar-refractivity contribution in [2.45, 2.75) is 32.2 Å². The number of carbonyl (C=O) groups excluding carboxylic acids is 1. The van der Waals surface area contributed by atoms with Crippen LogP contribution >= 0.6 is 15.9 Å². The van der Waals surface area contributed by atoms with Crippen molar-refractivity contribution < 1.29 is 4.79 Å². The van der Waals surface area contributed by atoms with E-state index in [-0.39, 0.29) is 18.0 Å². The molecule has 0 saturated heterocycles. The first-order valence-electron chi connectivity index (χ1n) is 8.53. The number of benzene rings is 1. The van der Waals surface area contributed by atoms with E-state index >= 15 is 0 Å². The van der Waals surface area contributed by atoms with E-state index in [2.05, 4.69) is 37.4 Å². The van der Waals surface area contributed by atoms with E-state index in [0.717, 1.165) is 24.9 Å². The number of amides is 1. The Balaban J connectivity index is 1.60. The SMILES string of the molecule is Cn1nc(Br)c2c(=O)n(CC(=O)Nc3cccc4c3CCCC4)cnc21. The van der Waals surface area contributed by atoms with Crippen molar-refractivity contribution in [1.82, 2.24) is 19.3 Å². The molecule has 1 aliphatic rings. The third-order valence-electron chi connectivity index (χ3n) is 4.75. The number of nitrogens with one attached hydrogen (secondary N) is 1. The fourth-order valence-corrected chi connectivity index (χ4v) is 4.08. The number of fused-ring (bicyclic) bond motifs is 2. The second-order valence-electron chi connectivity index (χ2n) is 6.49. The number of nitrogens with zero attached hydrogens (tertiary/aromatic N) is 4. The van der Waals surface area contributed by atoms with Crippen LogP contribution in [-0.2, 0) is 31.2 Å². The Morgan fingerprint density at radius 3 is 2.96 bits per heavy atom. The molecule has 7 nitrogen and oxygen atoms in total. The molecule has 8 heteroatoms. The lowest BCUT2D eigenvalue weighted by molar-refractivity contribution is -0.116. The van der Waals surface area contributed by atoms with Crippen molar-refractivity contribution in [3.63, 3.8) is 0 Å². The molecular weight excluding hydrogens is 398 g/mol. The summed E-state index contributed by atoms with van der Waals surface area (Å²) in [6, 6.07) is 6.00. The highest BCUT2D eigenvalue weighted by Gasteiger charge is 2.17. The first kappa shape index (κ1) is 17.0. The molecule has 4 rings (SSSR count). The van der Waals surface area contributed by atoms with Crippen LogP contribution in [0, 0.1) is 0 Å². The number of carbonyl (C=O) groups is 1. The summed E-state index contributed by atoms with van der Waals surface area (Å²) in [5, 5.41) is 7.47. The van der Waals surface area contributed by atoms with Crippen LogP contribution in [0.3, 0.4) is 0 Å². The first-order chi connectivity index (χ1) is 12.5. The molecule has 2 heterocycles. The zero-order valence-corrected chi connectivity index (χ0v) is 15.9. The number of rotatable bonds is 3. The van der Waals surface area contributed by atoms with E-state index in [0.29, 0.717) is 15.6 Å². The molecule has 1 aliphatic carbocycles. The molecule has 0 fully saturated rings. The predicted molar refractivity (Wildman–Crippen MR) is 102 cm³/mol. The molecule has 3 aromatic rings. The van der Waals surface area contributed by atoms with Gasteiger partial charge in [-0.25, -0.2) is 9.67 Å². The van der Waals surface area contributed by atoms with Crippen LogP contribution in [0.2, 0.25) is 0 Å².